The Balaban J connectivity index is 3.30. The van der Waals surface area contributed by atoms with Gasteiger partial charge < -0.3 is 10.1 Å². The predicted molar refractivity (Wildman–Crippen MR) is 135 cm³/mol. The number of halogens is 21. The van der Waals surface area contributed by atoms with Gasteiger partial charge in [0.25, 0.3) is 0 Å². The second-order valence-electron chi connectivity index (χ2n) is 11.0. The minimum Gasteiger partial charge on any atom is -0.380 e. The molecule has 0 spiro atoms. The number of rotatable bonds is 19. The van der Waals surface area contributed by atoms with Crippen molar-refractivity contribution in [1.82, 2.24) is 5.32 Å². The molecule has 0 fully saturated rings. The van der Waals surface area contributed by atoms with Crippen molar-refractivity contribution in [3.05, 3.63) is 29.8 Å². The van der Waals surface area contributed by atoms with Gasteiger partial charge in [0.15, 0.2) is 5.78 Å². The molecule has 298 valence electrons. The van der Waals surface area contributed by atoms with Crippen LogP contribution in [0.25, 0.3) is 0 Å². The number of alkyl halides is 21. The minimum absolute atomic E-state index is 0.0322. The molecule has 0 aliphatic carbocycles. The van der Waals surface area contributed by atoms with Gasteiger partial charge in [0.05, 0.1) is 12.1 Å². The molecule has 0 aromatic heterocycles. The van der Waals surface area contributed by atoms with Gasteiger partial charge in [-0.05, 0) is 32.9 Å². The lowest BCUT2D eigenvalue weighted by Crippen LogP contribution is -2.76. The van der Waals surface area contributed by atoms with Crippen LogP contribution in [0.15, 0.2) is 29.2 Å². The van der Waals surface area contributed by atoms with Crippen molar-refractivity contribution in [2.75, 3.05) is 25.5 Å². The second-order valence-corrected chi connectivity index (χ2v) is 12.2. The standard InChI is InChI=1S/C26H24F21NO2S/c1-4-50-11-10-48-16(2,3)15(49)13-5-7-14(8-6-13)51-12-9-17(27,28)18(29,30)19(31,32)20(33,34)21(35,36)22(37,38)23(39,40)24(41,42)25(43,44)26(45,46)47/h5-8,48H,4,9-12H2,1-3H3. The fraction of sp³-hybridized carbons (Fsp3) is 0.731. The molecule has 1 rings (SSSR count). The summed E-state index contributed by atoms with van der Waals surface area (Å²) in [5.74, 6) is -79.2. The summed E-state index contributed by atoms with van der Waals surface area (Å²) < 4.78 is 289. The summed E-state index contributed by atoms with van der Waals surface area (Å²) in [7, 11) is 0. The number of Topliss-reactive ketones (excluding diaryl/α,β-unsaturated/α-hetero) is 1. The summed E-state index contributed by atoms with van der Waals surface area (Å²) >= 11 is 0.0461. The minimum atomic E-state index is -9.20. The van der Waals surface area contributed by atoms with E-state index in [4.69, 9.17) is 4.74 Å². The first-order valence-electron chi connectivity index (χ1n) is 13.5. The number of hydrogen-bond donors (Lipinski definition) is 1. The third-order valence-electron chi connectivity index (χ3n) is 6.96. The van der Waals surface area contributed by atoms with Crippen LogP contribution in [0, 0.1) is 0 Å². The number of ether oxygens (including phenoxy) is 1. The zero-order chi connectivity index (χ0) is 40.7. The highest BCUT2D eigenvalue weighted by Gasteiger charge is 2.97. The topological polar surface area (TPSA) is 38.3 Å². The van der Waals surface area contributed by atoms with Crippen molar-refractivity contribution in [1.29, 1.82) is 0 Å². The van der Waals surface area contributed by atoms with Gasteiger partial charge in [0.1, 0.15) is 0 Å². The number of thioether (sulfide) groups is 1. The highest BCUT2D eigenvalue weighted by molar-refractivity contribution is 7.99. The molecule has 0 bridgehead atoms. The van der Waals surface area contributed by atoms with E-state index in [1.165, 1.54) is 13.8 Å². The van der Waals surface area contributed by atoms with Crippen LogP contribution in [-0.2, 0) is 4.74 Å². The number of carbonyl (C=O) groups is 1. The van der Waals surface area contributed by atoms with Crippen LogP contribution in [0.4, 0.5) is 92.2 Å². The third-order valence-corrected chi connectivity index (χ3v) is 7.98. The first kappa shape index (κ1) is 46.7. The van der Waals surface area contributed by atoms with Gasteiger partial charge in [-0.2, -0.15) is 92.2 Å². The third kappa shape index (κ3) is 7.84. The number of benzene rings is 1. The highest BCUT2D eigenvalue weighted by Crippen LogP contribution is 2.66. The van der Waals surface area contributed by atoms with Crippen LogP contribution in [0.2, 0.25) is 0 Å². The summed E-state index contributed by atoms with van der Waals surface area (Å²) in [6.07, 6.45) is -10.7. The molecular weight excluding hydrogens is 789 g/mol. The van der Waals surface area contributed by atoms with E-state index in [-0.39, 0.29) is 35.4 Å². The molecule has 0 saturated heterocycles. The Morgan fingerprint density at radius 1 is 0.608 bits per heavy atom. The van der Waals surface area contributed by atoms with Crippen LogP contribution >= 0.6 is 11.8 Å². The van der Waals surface area contributed by atoms with Crippen molar-refractivity contribution in [2.24, 2.45) is 0 Å². The fourth-order valence-corrected chi connectivity index (χ4v) is 4.69. The summed E-state index contributed by atoms with van der Waals surface area (Å²) in [6.45, 7) is 5.41. The molecular formula is C26H24F21NO2S. The number of hydrogen-bond acceptors (Lipinski definition) is 4. The molecule has 0 unspecified atom stereocenters. The maximum Gasteiger partial charge on any atom is 0.460 e. The van der Waals surface area contributed by atoms with E-state index in [0.717, 1.165) is 24.3 Å². The van der Waals surface area contributed by atoms with Gasteiger partial charge in [0, 0.05) is 35.8 Å². The van der Waals surface area contributed by atoms with E-state index in [1.807, 2.05) is 0 Å². The summed E-state index contributed by atoms with van der Waals surface area (Å²) in [5, 5.41) is 2.86. The lowest BCUT2D eigenvalue weighted by molar-refractivity contribution is -0.474. The molecule has 25 heteroatoms. The number of ketones is 1. The largest absolute Gasteiger partial charge is 0.460 e. The van der Waals surface area contributed by atoms with E-state index in [1.54, 1.807) is 6.92 Å². The lowest BCUT2D eigenvalue weighted by atomic mass is 9.86. The Labute approximate surface area is 277 Å². The summed E-state index contributed by atoms with van der Waals surface area (Å²) in [6, 6.07) is 4.08. The molecule has 1 aromatic carbocycles. The first-order chi connectivity index (χ1) is 22.4. The van der Waals surface area contributed by atoms with Crippen molar-refractivity contribution in [3.63, 3.8) is 0 Å². The summed E-state index contributed by atoms with van der Waals surface area (Å²) in [4.78, 5) is 12.5. The van der Waals surface area contributed by atoms with Gasteiger partial charge in [-0.15, -0.1) is 11.8 Å². The van der Waals surface area contributed by atoms with E-state index in [9.17, 15) is 97.0 Å². The second kappa shape index (κ2) is 14.5. The maximum atomic E-state index is 14.2. The SMILES string of the molecule is CCOCCNC(C)(C)C(=O)c1ccc(SCCC(F)(F)C(F)(F)C(F)(F)C(F)(F)C(F)(F)C(F)(F)C(F)(F)C(F)(F)C(F)(F)C(F)(F)F)cc1. The molecule has 0 aliphatic heterocycles. The molecule has 0 aliphatic rings. The quantitative estimate of drug-likeness (QED) is 0.0654. The normalized spacial score (nSPS) is 15.4. The number of nitrogens with one attached hydrogen (secondary N) is 1. The van der Waals surface area contributed by atoms with Crippen LogP contribution in [0.5, 0.6) is 0 Å². The Hall–Kier alpha value is -2.31. The fourth-order valence-electron chi connectivity index (χ4n) is 3.77. The van der Waals surface area contributed by atoms with Crippen molar-refractivity contribution in [2.45, 2.75) is 97.1 Å². The first-order valence-corrected chi connectivity index (χ1v) is 14.5. The Bertz CT molecular complexity index is 1340. The molecule has 0 heterocycles. The van der Waals surface area contributed by atoms with Gasteiger partial charge >= 0.3 is 59.5 Å². The molecule has 0 saturated carbocycles. The molecule has 0 radical (unpaired) electrons. The van der Waals surface area contributed by atoms with Crippen molar-refractivity contribution < 1.29 is 102 Å². The Morgan fingerprint density at radius 3 is 1.35 bits per heavy atom. The zero-order valence-corrected chi connectivity index (χ0v) is 26.3. The predicted octanol–water partition coefficient (Wildman–Crippen LogP) is 10.0. The number of carbonyl (C=O) groups excluding carboxylic acids is 1. The van der Waals surface area contributed by atoms with Crippen molar-refractivity contribution >= 4 is 17.5 Å². The highest BCUT2D eigenvalue weighted by atomic mass is 32.2. The van der Waals surface area contributed by atoms with Gasteiger partial charge in [-0.3, -0.25) is 4.79 Å². The average molecular weight is 814 g/mol. The van der Waals surface area contributed by atoms with Crippen molar-refractivity contribution in [3.8, 4) is 0 Å². The monoisotopic (exact) mass is 813 g/mol. The van der Waals surface area contributed by atoms with Gasteiger partial charge in [-0.1, -0.05) is 12.1 Å². The Morgan fingerprint density at radius 2 is 0.980 bits per heavy atom. The molecule has 0 atom stereocenters. The van der Waals surface area contributed by atoms with Crippen LogP contribution < -0.4 is 5.32 Å². The molecule has 1 N–H and O–H groups in total. The van der Waals surface area contributed by atoms with Gasteiger partial charge in [-0.25, -0.2) is 0 Å². The molecule has 0 amide bonds. The summed E-state index contributed by atoms with van der Waals surface area (Å²) in [5.41, 5.74) is -1.24. The average Bonchev–Trinajstić information content (AvgIpc) is 2.97. The van der Waals surface area contributed by atoms with Crippen LogP contribution in [0.3, 0.4) is 0 Å². The molecule has 3 nitrogen and oxygen atoms in total. The zero-order valence-electron chi connectivity index (χ0n) is 25.5. The van der Waals surface area contributed by atoms with Crippen LogP contribution in [-0.4, -0.2) is 96.3 Å². The van der Waals surface area contributed by atoms with Crippen LogP contribution in [0.1, 0.15) is 37.6 Å². The van der Waals surface area contributed by atoms with E-state index in [0.29, 0.717) is 6.61 Å². The van der Waals surface area contributed by atoms with E-state index < -0.39 is 83.0 Å². The Kier molecular flexibility index (Phi) is 13.3. The van der Waals surface area contributed by atoms with E-state index in [2.05, 4.69) is 5.32 Å². The van der Waals surface area contributed by atoms with Gasteiger partial charge in [0.2, 0.25) is 0 Å². The smallest absolute Gasteiger partial charge is 0.380 e. The molecule has 1 aromatic rings. The lowest BCUT2D eigenvalue weighted by Gasteiger charge is -2.44. The molecule has 51 heavy (non-hydrogen) atoms. The maximum absolute atomic E-state index is 14.2. The van der Waals surface area contributed by atoms with E-state index >= 15 is 0 Å².